The van der Waals surface area contributed by atoms with Crippen molar-refractivity contribution in [1.29, 1.82) is 0 Å². The highest BCUT2D eigenvalue weighted by Crippen LogP contribution is 2.41. The number of benzene rings is 4. The SMILES string of the molecule is COc1cc(-c2cc(C(F)(F)F)cc3c2n(C)c(=O)n3Cc2cccc(-c3ccccc3)c2)cc(F)c1OCc1nnc[nH]1. The molecule has 0 bridgehead atoms. The third-order valence-corrected chi connectivity index (χ3v) is 7.30. The molecule has 0 radical (unpaired) electrons. The number of fused-ring (bicyclic) bond motifs is 1. The van der Waals surface area contributed by atoms with Gasteiger partial charge in [-0.2, -0.15) is 13.2 Å². The Morgan fingerprint density at radius 3 is 2.41 bits per heavy atom. The zero-order valence-corrected chi connectivity index (χ0v) is 23.5. The Morgan fingerprint density at radius 1 is 0.932 bits per heavy atom. The maximum Gasteiger partial charge on any atom is 0.416 e. The van der Waals surface area contributed by atoms with Gasteiger partial charge in [0.05, 0.1) is 30.3 Å². The minimum Gasteiger partial charge on any atom is -0.493 e. The number of alkyl halides is 3. The topological polar surface area (TPSA) is 87.0 Å². The van der Waals surface area contributed by atoms with Crippen LogP contribution in [0.2, 0.25) is 0 Å². The van der Waals surface area contributed by atoms with Crippen LogP contribution in [0.25, 0.3) is 33.3 Å². The fourth-order valence-electron chi connectivity index (χ4n) is 5.21. The van der Waals surface area contributed by atoms with Gasteiger partial charge in [0.25, 0.3) is 0 Å². The van der Waals surface area contributed by atoms with Crippen LogP contribution in [-0.2, 0) is 26.4 Å². The van der Waals surface area contributed by atoms with Gasteiger partial charge in [0.1, 0.15) is 12.9 Å². The molecule has 8 nitrogen and oxygen atoms in total. The quantitative estimate of drug-likeness (QED) is 0.199. The molecule has 0 spiro atoms. The minimum atomic E-state index is -4.74. The van der Waals surface area contributed by atoms with Crippen molar-refractivity contribution in [2.45, 2.75) is 19.3 Å². The predicted molar refractivity (Wildman–Crippen MR) is 156 cm³/mol. The summed E-state index contributed by atoms with van der Waals surface area (Å²) in [7, 11) is 2.76. The van der Waals surface area contributed by atoms with E-state index >= 15 is 4.39 Å². The van der Waals surface area contributed by atoms with Crippen LogP contribution < -0.4 is 15.2 Å². The number of ether oxygens (including phenoxy) is 2. The molecule has 0 atom stereocenters. The molecule has 0 saturated carbocycles. The Morgan fingerprint density at radius 2 is 1.70 bits per heavy atom. The molecule has 0 unspecified atom stereocenters. The predicted octanol–water partition coefficient (Wildman–Crippen LogP) is 6.59. The van der Waals surface area contributed by atoms with Gasteiger partial charge in [-0.05, 0) is 52.6 Å². The van der Waals surface area contributed by atoms with Crippen molar-refractivity contribution in [2.75, 3.05) is 7.11 Å². The lowest BCUT2D eigenvalue weighted by molar-refractivity contribution is -0.137. The van der Waals surface area contributed by atoms with E-state index in [1.807, 2.05) is 54.6 Å². The Kier molecular flexibility index (Phi) is 7.41. The first-order valence-electron chi connectivity index (χ1n) is 13.4. The van der Waals surface area contributed by atoms with E-state index in [9.17, 15) is 18.0 Å². The van der Waals surface area contributed by atoms with Gasteiger partial charge < -0.3 is 14.5 Å². The van der Waals surface area contributed by atoms with Crippen molar-refractivity contribution in [1.82, 2.24) is 24.3 Å². The van der Waals surface area contributed by atoms with Crippen LogP contribution in [0.4, 0.5) is 17.6 Å². The van der Waals surface area contributed by atoms with Crippen molar-refractivity contribution in [3.05, 3.63) is 118 Å². The number of hydrogen-bond acceptors (Lipinski definition) is 5. The molecule has 6 rings (SSSR count). The number of hydrogen-bond donors (Lipinski definition) is 1. The van der Waals surface area contributed by atoms with Gasteiger partial charge in [-0.3, -0.25) is 9.13 Å². The number of rotatable bonds is 8. The molecule has 6 aromatic rings. The normalized spacial score (nSPS) is 11.7. The van der Waals surface area contributed by atoms with Gasteiger partial charge in [0.15, 0.2) is 23.1 Å². The lowest BCUT2D eigenvalue weighted by Crippen LogP contribution is -2.22. The summed E-state index contributed by atoms with van der Waals surface area (Å²) in [5.41, 5.74) is 1.42. The first-order chi connectivity index (χ1) is 21.1. The molecule has 0 aliphatic rings. The number of methoxy groups -OCH3 is 1. The monoisotopic (exact) mass is 603 g/mol. The first kappa shape index (κ1) is 28.7. The summed E-state index contributed by atoms with van der Waals surface area (Å²) in [5.74, 6) is -0.833. The lowest BCUT2D eigenvalue weighted by atomic mass is 9.99. The number of aromatic amines is 1. The van der Waals surface area contributed by atoms with Crippen LogP contribution in [-0.4, -0.2) is 31.4 Å². The molecule has 12 heteroatoms. The van der Waals surface area contributed by atoms with E-state index in [0.717, 1.165) is 34.9 Å². The largest absolute Gasteiger partial charge is 0.493 e. The highest BCUT2D eigenvalue weighted by molar-refractivity contribution is 5.94. The van der Waals surface area contributed by atoms with Crippen LogP contribution in [0.5, 0.6) is 11.5 Å². The molecule has 0 aliphatic carbocycles. The van der Waals surface area contributed by atoms with Crippen molar-refractivity contribution >= 4 is 11.0 Å². The lowest BCUT2D eigenvalue weighted by Gasteiger charge is -2.16. The average molecular weight is 604 g/mol. The van der Waals surface area contributed by atoms with Gasteiger partial charge in [0.2, 0.25) is 0 Å². The van der Waals surface area contributed by atoms with Crippen LogP contribution in [0, 0.1) is 5.82 Å². The molecule has 224 valence electrons. The molecule has 0 aliphatic heterocycles. The summed E-state index contributed by atoms with van der Waals surface area (Å²) in [4.78, 5) is 16.3. The molecular weight excluding hydrogens is 578 g/mol. The van der Waals surface area contributed by atoms with E-state index in [4.69, 9.17) is 9.47 Å². The summed E-state index contributed by atoms with van der Waals surface area (Å²) < 4.78 is 71.5. The van der Waals surface area contributed by atoms with E-state index in [1.165, 1.54) is 35.7 Å². The third-order valence-electron chi connectivity index (χ3n) is 7.30. The van der Waals surface area contributed by atoms with Crippen LogP contribution in [0.15, 0.2) is 90.0 Å². The molecule has 44 heavy (non-hydrogen) atoms. The third kappa shape index (κ3) is 5.41. The summed E-state index contributed by atoms with van der Waals surface area (Å²) >= 11 is 0. The second-order valence-electron chi connectivity index (χ2n) is 10.1. The van der Waals surface area contributed by atoms with Crippen molar-refractivity contribution in [3.8, 4) is 33.8 Å². The molecule has 0 saturated heterocycles. The standard InChI is InChI=1S/C32H25F4N5O3/c1-40-29-24(22-12-25(33)30(27(13-22)43-2)44-17-28-37-18-38-39-28)14-23(32(34,35)36)15-26(29)41(31(40)42)16-19-7-6-10-21(11-19)20-8-4-3-5-9-20/h3-15,18H,16-17H2,1-2H3,(H,37,38,39). The number of imidazole rings is 1. The molecular formula is C32H25F4N5O3. The highest BCUT2D eigenvalue weighted by Gasteiger charge is 2.33. The van der Waals surface area contributed by atoms with Crippen molar-refractivity contribution < 1.29 is 27.0 Å². The molecule has 0 amide bonds. The van der Waals surface area contributed by atoms with Gasteiger partial charge in [0, 0.05) is 12.6 Å². The Hall–Kier alpha value is -5.39. The second-order valence-corrected chi connectivity index (χ2v) is 10.1. The number of H-pyrrole nitrogens is 1. The maximum absolute atomic E-state index is 15.4. The van der Waals surface area contributed by atoms with E-state index in [2.05, 4.69) is 15.2 Å². The number of aromatic nitrogens is 5. The Balaban J connectivity index is 1.48. The summed E-state index contributed by atoms with van der Waals surface area (Å²) in [6, 6.07) is 21.4. The Bertz CT molecular complexity index is 2020. The molecule has 2 heterocycles. The molecule has 1 N–H and O–H groups in total. The van der Waals surface area contributed by atoms with E-state index < -0.39 is 23.2 Å². The second kappa shape index (κ2) is 11.4. The molecule has 2 aromatic heterocycles. The summed E-state index contributed by atoms with van der Waals surface area (Å²) in [6.45, 7) is -0.132. The molecule has 4 aromatic carbocycles. The van der Waals surface area contributed by atoms with Gasteiger partial charge in [-0.25, -0.2) is 9.18 Å². The number of nitrogens with one attached hydrogen (secondary N) is 1. The number of aryl methyl sites for hydroxylation is 1. The van der Waals surface area contributed by atoms with Crippen LogP contribution >= 0.6 is 0 Å². The fraction of sp³-hybridized carbons (Fsp3) is 0.156. The zero-order valence-electron chi connectivity index (χ0n) is 23.5. The maximum atomic E-state index is 15.4. The minimum absolute atomic E-state index is 0.00481. The van der Waals surface area contributed by atoms with Crippen LogP contribution in [0.3, 0.4) is 0 Å². The summed E-state index contributed by atoms with van der Waals surface area (Å²) in [5, 5.41) is 7.42. The van der Waals surface area contributed by atoms with Crippen molar-refractivity contribution in [3.63, 3.8) is 0 Å². The van der Waals surface area contributed by atoms with Crippen LogP contribution in [0.1, 0.15) is 17.0 Å². The average Bonchev–Trinajstić information content (AvgIpc) is 3.63. The van der Waals surface area contributed by atoms with E-state index in [0.29, 0.717) is 5.82 Å². The highest BCUT2D eigenvalue weighted by atomic mass is 19.4. The Labute approximate surface area is 248 Å². The zero-order chi connectivity index (χ0) is 31.0. The number of halogens is 4. The summed E-state index contributed by atoms with van der Waals surface area (Å²) in [6.07, 6.45) is -3.40. The number of nitrogens with zero attached hydrogens (tertiary/aromatic N) is 4. The van der Waals surface area contributed by atoms with E-state index in [-0.39, 0.29) is 46.8 Å². The van der Waals surface area contributed by atoms with Crippen molar-refractivity contribution in [2.24, 2.45) is 7.05 Å². The molecule has 0 fully saturated rings. The fourth-order valence-corrected chi connectivity index (χ4v) is 5.21. The van der Waals surface area contributed by atoms with Gasteiger partial charge in [-0.15, -0.1) is 10.2 Å². The first-order valence-corrected chi connectivity index (χ1v) is 13.4. The van der Waals surface area contributed by atoms with Gasteiger partial charge in [-0.1, -0.05) is 48.5 Å². The smallest absolute Gasteiger partial charge is 0.416 e. The van der Waals surface area contributed by atoms with Gasteiger partial charge >= 0.3 is 11.9 Å². The van der Waals surface area contributed by atoms with E-state index in [1.54, 1.807) is 0 Å².